The largest absolute Gasteiger partial charge is 0.317 e. The topological polar surface area (TPSA) is 30.7 Å². The van der Waals surface area contributed by atoms with Gasteiger partial charge in [-0.25, -0.2) is 0 Å². The van der Waals surface area contributed by atoms with E-state index in [-0.39, 0.29) is 0 Å². The molecule has 4 heteroatoms. The van der Waals surface area contributed by atoms with E-state index in [1.807, 2.05) is 11.6 Å². The Kier molecular flexibility index (Phi) is 8.89. The van der Waals surface area contributed by atoms with E-state index >= 15 is 0 Å². The summed E-state index contributed by atoms with van der Waals surface area (Å²) in [7, 11) is 2.00. The molecule has 0 N–H and O–H groups in total. The van der Waals surface area contributed by atoms with Crippen molar-refractivity contribution in [3.8, 4) is 0 Å². The average molecular weight is 286 g/mol. The van der Waals surface area contributed by atoms with Crippen LogP contribution in [-0.2, 0) is 19.3 Å². The van der Waals surface area contributed by atoms with Gasteiger partial charge in [0.15, 0.2) is 0 Å². The quantitative estimate of drug-likeness (QED) is 0.438. The van der Waals surface area contributed by atoms with E-state index in [0.29, 0.717) is 5.88 Å². The number of aryl methyl sites for hydroxylation is 1. The van der Waals surface area contributed by atoms with Crippen LogP contribution in [0.15, 0.2) is 0 Å². The third-order valence-electron chi connectivity index (χ3n) is 3.68. The van der Waals surface area contributed by atoms with Crippen molar-refractivity contribution in [3.63, 3.8) is 0 Å². The Morgan fingerprint density at radius 2 is 1.37 bits per heavy atom. The molecule has 0 amide bonds. The molecule has 0 radical (unpaired) electrons. The van der Waals surface area contributed by atoms with E-state index in [0.717, 1.165) is 18.1 Å². The highest BCUT2D eigenvalue weighted by atomic mass is 35.5. The van der Waals surface area contributed by atoms with E-state index in [1.165, 1.54) is 57.8 Å². The highest BCUT2D eigenvalue weighted by Crippen LogP contribution is 2.11. The van der Waals surface area contributed by atoms with Gasteiger partial charge in [0.2, 0.25) is 0 Å². The number of hydrogen-bond acceptors (Lipinski definition) is 2. The molecular formula is C15H28ClN3. The van der Waals surface area contributed by atoms with E-state index < -0.39 is 0 Å². The monoisotopic (exact) mass is 285 g/mol. The molecule has 1 aromatic heterocycles. The summed E-state index contributed by atoms with van der Waals surface area (Å²) in [5, 5.41) is 8.25. The van der Waals surface area contributed by atoms with Crippen LogP contribution in [0.3, 0.4) is 0 Å². The number of alkyl halides is 1. The van der Waals surface area contributed by atoms with E-state index in [4.69, 9.17) is 11.6 Å². The van der Waals surface area contributed by atoms with Crippen molar-refractivity contribution >= 4 is 11.6 Å². The van der Waals surface area contributed by atoms with Crippen molar-refractivity contribution in [1.82, 2.24) is 14.8 Å². The van der Waals surface area contributed by atoms with Crippen molar-refractivity contribution in [2.45, 2.75) is 77.0 Å². The van der Waals surface area contributed by atoms with Crippen LogP contribution < -0.4 is 0 Å². The summed E-state index contributed by atoms with van der Waals surface area (Å²) in [6, 6.07) is 0. The predicted molar refractivity (Wildman–Crippen MR) is 81.5 cm³/mol. The first-order valence-electron chi connectivity index (χ1n) is 7.72. The number of aromatic nitrogens is 3. The van der Waals surface area contributed by atoms with Gasteiger partial charge >= 0.3 is 0 Å². The Balaban J connectivity index is 2.00. The number of unbranched alkanes of at least 4 members (excludes halogenated alkanes) is 8. The van der Waals surface area contributed by atoms with Gasteiger partial charge in [-0.05, 0) is 6.42 Å². The van der Waals surface area contributed by atoms with Gasteiger partial charge in [-0.15, -0.1) is 21.8 Å². The molecule has 0 spiro atoms. The zero-order valence-electron chi connectivity index (χ0n) is 12.5. The summed E-state index contributed by atoms with van der Waals surface area (Å²) < 4.78 is 2.03. The first kappa shape index (κ1) is 16.5. The molecule has 0 aliphatic rings. The lowest BCUT2D eigenvalue weighted by molar-refractivity contribution is 0.559. The molecule has 0 bridgehead atoms. The Morgan fingerprint density at radius 1 is 0.842 bits per heavy atom. The van der Waals surface area contributed by atoms with Gasteiger partial charge in [0.1, 0.15) is 11.6 Å². The van der Waals surface area contributed by atoms with Gasteiger partial charge in [0, 0.05) is 13.5 Å². The fourth-order valence-corrected chi connectivity index (χ4v) is 2.56. The van der Waals surface area contributed by atoms with Crippen molar-refractivity contribution in [1.29, 1.82) is 0 Å². The zero-order valence-corrected chi connectivity index (χ0v) is 13.3. The summed E-state index contributed by atoms with van der Waals surface area (Å²) in [5.41, 5.74) is 0. The lowest BCUT2D eigenvalue weighted by Gasteiger charge is -2.03. The molecule has 0 saturated heterocycles. The SMILES string of the molecule is CCCCCCCCCCCc1nnc(CCl)n1C. The smallest absolute Gasteiger partial charge is 0.147 e. The minimum Gasteiger partial charge on any atom is -0.317 e. The molecular weight excluding hydrogens is 258 g/mol. The minimum absolute atomic E-state index is 0.446. The molecule has 1 heterocycles. The fourth-order valence-electron chi connectivity index (χ4n) is 2.33. The van der Waals surface area contributed by atoms with Crippen molar-refractivity contribution in [2.75, 3.05) is 0 Å². The molecule has 110 valence electrons. The molecule has 1 aromatic rings. The van der Waals surface area contributed by atoms with Crippen molar-refractivity contribution in [2.24, 2.45) is 7.05 Å². The molecule has 1 rings (SSSR count). The van der Waals surface area contributed by atoms with Gasteiger partial charge in [0.25, 0.3) is 0 Å². The van der Waals surface area contributed by atoms with E-state index in [2.05, 4.69) is 17.1 Å². The molecule has 3 nitrogen and oxygen atoms in total. The van der Waals surface area contributed by atoms with Gasteiger partial charge < -0.3 is 4.57 Å². The second-order valence-corrected chi connectivity index (χ2v) is 5.57. The summed E-state index contributed by atoms with van der Waals surface area (Å²) in [6.45, 7) is 2.27. The molecule has 0 aliphatic heterocycles. The Hall–Kier alpha value is -0.570. The number of rotatable bonds is 11. The third-order valence-corrected chi connectivity index (χ3v) is 3.92. The molecule has 0 atom stereocenters. The summed E-state index contributed by atoms with van der Waals surface area (Å²) in [6.07, 6.45) is 13.2. The van der Waals surface area contributed by atoms with Crippen LogP contribution in [0, 0.1) is 0 Å². The standard InChI is InChI=1S/C15H28ClN3/c1-3-4-5-6-7-8-9-10-11-12-14-17-18-15(13-16)19(14)2/h3-13H2,1-2H3. The lowest BCUT2D eigenvalue weighted by atomic mass is 10.1. The summed E-state index contributed by atoms with van der Waals surface area (Å²) in [4.78, 5) is 0. The zero-order chi connectivity index (χ0) is 13.9. The number of hydrogen-bond donors (Lipinski definition) is 0. The first-order chi connectivity index (χ1) is 9.29. The maximum absolute atomic E-state index is 5.78. The van der Waals surface area contributed by atoms with Gasteiger partial charge in [-0.2, -0.15) is 0 Å². The van der Waals surface area contributed by atoms with Gasteiger partial charge in [-0.1, -0.05) is 58.3 Å². The van der Waals surface area contributed by atoms with Crippen molar-refractivity contribution < 1.29 is 0 Å². The van der Waals surface area contributed by atoms with E-state index in [1.54, 1.807) is 0 Å². The number of halogens is 1. The van der Waals surface area contributed by atoms with Crippen LogP contribution in [-0.4, -0.2) is 14.8 Å². The Labute approximate surface area is 122 Å². The highest BCUT2D eigenvalue weighted by molar-refractivity contribution is 6.16. The second-order valence-electron chi connectivity index (χ2n) is 5.30. The molecule has 19 heavy (non-hydrogen) atoms. The average Bonchev–Trinajstić information content (AvgIpc) is 2.78. The summed E-state index contributed by atoms with van der Waals surface area (Å²) in [5.74, 6) is 2.38. The first-order valence-corrected chi connectivity index (χ1v) is 8.26. The van der Waals surface area contributed by atoms with Crippen LogP contribution >= 0.6 is 11.6 Å². The molecule has 0 unspecified atom stereocenters. The van der Waals surface area contributed by atoms with Crippen LogP contribution in [0.25, 0.3) is 0 Å². The number of nitrogens with zero attached hydrogens (tertiary/aromatic N) is 3. The normalized spacial score (nSPS) is 11.1. The second kappa shape index (κ2) is 10.2. The molecule has 0 fully saturated rings. The molecule has 0 aliphatic carbocycles. The van der Waals surface area contributed by atoms with Crippen LogP contribution in [0.1, 0.15) is 76.4 Å². The van der Waals surface area contributed by atoms with Crippen LogP contribution in [0.5, 0.6) is 0 Å². The van der Waals surface area contributed by atoms with Crippen LogP contribution in [0.2, 0.25) is 0 Å². The lowest BCUT2D eigenvalue weighted by Crippen LogP contribution is -2.01. The van der Waals surface area contributed by atoms with Crippen molar-refractivity contribution in [3.05, 3.63) is 11.6 Å². The van der Waals surface area contributed by atoms with Gasteiger partial charge in [-0.3, -0.25) is 0 Å². The molecule has 0 aromatic carbocycles. The van der Waals surface area contributed by atoms with Gasteiger partial charge in [0.05, 0.1) is 5.88 Å². The highest BCUT2D eigenvalue weighted by Gasteiger charge is 2.06. The maximum Gasteiger partial charge on any atom is 0.147 e. The van der Waals surface area contributed by atoms with Crippen LogP contribution in [0.4, 0.5) is 0 Å². The minimum atomic E-state index is 0.446. The fraction of sp³-hybridized carbons (Fsp3) is 0.867. The van der Waals surface area contributed by atoms with E-state index in [9.17, 15) is 0 Å². The predicted octanol–water partition coefficient (Wildman–Crippen LogP) is 4.63. The Morgan fingerprint density at radius 3 is 1.89 bits per heavy atom. The summed E-state index contributed by atoms with van der Waals surface area (Å²) >= 11 is 5.78. The molecule has 0 saturated carbocycles. The third kappa shape index (κ3) is 6.42. The Bertz CT molecular complexity index is 336. The maximum atomic E-state index is 5.78.